The Morgan fingerprint density at radius 1 is 1.04 bits per heavy atom. The van der Waals surface area contributed by atoms with Crippen LogP contribution in [0.15, 0.2) is 25.3 Å². The molecule has 0 saturated heterocycles. The molecule has 0 radical (unpaired) electrons. The van der Waals surface area contributed by atoms with Crippen LogP contribution in [0.2, 0.25) is 0 Å². The molecule has 0 fully saturated rings. The summed E-state index contributed by atoms with van der Waals surface area (Å²) in [5, 5.41) is 11.8. The molecule has 0 aromatic carbocycles. The third-order valence-corrected chi connectivity index (χ3v) is 3.49. The molecule has 2 unspecified atom stereocenters. The van der Waals surface area contributed by atoms with Crippen LogP contribution in [0.25, 0.3) is 0 Å². The summed E-state index contributed by atoms with van der Waals surface area (Å²) < 4.78 is 10.1. The van der Waals surface area contributed by atoms with E-state index in [4.69, 9.17) is 9.47 Å². The topological polar surface area (TPSA) is 92.7 Å². The minimum absolute atomic E-state index is 0. The Morgan fingerprint density at radius 2 is 1.42 bits per heavy atom. The fourth-order valence-corrected chi connectivity index (χ4v) is 2.71. The Balaban J connectivity index is 0. The van der Waals surface area contributed by atoms with Crippen molar-refractivity contribution in [3.05, 3.63) is 25.3 Å². The van der Waals surface area contributed by atoms with E-state index in [2.05, 4.69) is 13.2 Å². The maximum absolute atomic E-state index is 11.8. The molecule has 0 bridgehead atoms. The summed E-state index contributed by atoms with van der Waals surface area (Å²) in [7, 11) is 0. The monoisotopic (exact) mass is 410 g/mol. The number of carbonyl (C=O) groups is 3. The Labute approximate surface area is 192 Å². The minimum atomic E-state index is -1.25. The van der Waals surface area contributed by atoms with Gasteiger partial charge in [-0.05, 0) is 33.1 Å². The molecule has 0 heterocycles. The standard InChI is InChI=1S/C17H26O6.Rb/c1-6-9-17(16(20)21,10-12(4)22-14(18)7-2)11-13(5)23-15(19)8-3;/h7-8,12-13H,2-3,6,9-11H2,1,4-5H3,(H,20,21);/q;+1/p-1. The van der Waals surface area contributed by atoms with Gasteiger partial charge in [0.2, 0.25) is 0 Å². The predicted molar refractivity (Wildman–Crippen MR) is 83.1 cm³/mol. The normalized spacial score (nSPS) is 15.0. The summed E-state index contributed by atoms with van der Waals surface area (Å²) in [5.74, 6) is -2.48. The van der Waals surface area contributed by atoms with E-state index in [9.17, 15) is 19.5 Å². The fraction of sp³-hybridized carbons (Fsp3) is 0.588. The average molecular weight is 411 g/mol. The van der Waals surface area contributed by atoms with Crippen LogP contribution in [0.3, 0.4) is 0 Å². The van der Waals surface area contributed by atoms with E-state index < -0.39 is 35.5 Å². The number of esters is 2. The van der Waals surface area contributed by atoms with Crippen LogP contribution in [-0.2, 0) is 23.9 Å². The molecule has 6 nitrogen and oxygen atoms in total. The Bertz CT molecular complexity index is 430. The molecule has 0 saturated carbocycles. The molecule has 24 heavy (non-hydrogen) atoms. The number of hydrogen-bond donors (Lipinski definition) is 0. The van der Waals surface area contributed by atoms with Gasteiger partial charge in [0.25, 0.3) is 0 Å². The molecule has 0 aliphatic heterocycles. The van der Waals surface area contributed by atoms with Gasteiger partial charge < -0.3 is 19.4 Å². The Kier molecular flexibility index (Phi) is 14.0. The van der Waals surface area contributed by atoms with Gasteiger partial charge in [0.1, 0.15) is 12.2 Å². The number of carbonyl (C=O) groups excluding carboxylic acids is 3. The molecule has 0 amide bonds. The number of ether oxygens (including phenoxy) is 2. The van der Waals surface area contributed by atoms with Crippen LogP contribution in [0, 0.1) is 5.41 Å². The van der Waals surface area contributed by atoms with Gasteiger partial charge in [0.05, 0.1) is 0 Å². The zero-order chi connectivity index (χ0) is 18.0. The van der Waals surface area contributed by atoms with Crippen molar-refractivity contribution in [2.45, 2.75) is 58.7 Å². The van der Waals surface area contributed by atoms with E-state index >= 15 is 0 Å². The summed E-state index contributed by atoms with van der Waals surface area (Å²) in [4.78, 5) is 34.3. The number of hydrogen-bond acceptors (Lipinski definition) is 6. The summed E-state index contributed by atoms with van der Waals surface area (Å²) in [6.07, 6.45) is 1.83. The molecule has 7 heteroatoms. The van der Waals surface area contributed by atoms with Crippen molar-refractivity contribution in [3.8, 4) is 0 Å². The van der Waals surface area contributed by atoms with E-state index in [-0.39, 0.29) is 71.0 Å². The third kappa shape index (κ3) is 9.25. The number of carboxylic acids is 1. The van der Waals surface area contributed by atoms with Crippen molar-refractivity contribution in [2.75, 3.05) is 0 Å². The number of carboxylic acid groups (broad SMARTS) is 1. The van der Waals surface area contributed by atoms with Crippen molar-refractivity contribution < 1.29 is 87.2 Å². The van der Waals surface area contributed by atoms with Gasteiger partial charge in [-0.1, -0.05) is 26.5 Å². The first-order chi connectivity index (χ1) is 10.7. The smallest absolute Gasteiger partial charge is 0.550 e. The summed E-state index contributed by atoms with van der Waals surface area (Å²) in [6.45, 7) is 11.7. The van der Waals surface area contributed by atoms with Gasteiger partial charge in [-0.3, -0.25) is 0 Å². The average Bonchev–Trinajstić information content (AvgIpc) is 2.46. The maximum atomic E-state index is 11.8. The molecular formula is C17H25O6Rb. The van der Waals surface area contributed by atoms with Gasteiger partial charge in [-0.15, -0.1) is 0 Å². The molecule has 0 aromatic rings. The molecule has 0 aliphatic rings. The third-order valence-electron chi connectivity index (χ3n) is 3.49. The van der Waals surface area contributed by atoms with E-state index in [0.29, 0.717) is 12.8 Å². The van der Waals surface area contributed by atoms with Gasteiger partial charge in [-0.2, -0.15) is 0 Å². The second kappa shape index (κ2) is 13.0. The van der Waals surface area contributed by atoms with Crippen molar-refractivity contribution in [3.63, 3.8) is 0 Å². The Morgan fingerprint density at radius 3 is 1.67 bits per heavy atom. The second-order valence-electron chi connectivity index (χ2n) is 5.63. The summed E-state index contributed by atoms with van der Waals surface area (Å²) >= 11 is 0. The molecule has 2 atom stereocenters. The van der Waals surface area contributed by atoms with Crippen LogP contribution in [-0.4, -0.2) is 30.1 Å². The zero-order valence-corrected chi connectivity index (χ0v) is 19.9. The van der Waals surface area contributed by atoms with Crippen LogP contribution >= 0.6 is 0 Å². The summed E-state index contributed by atoms with van der Waals surface area (Å²) in [5.41, 5.74) is -1.25. The molecule has 130 valence electrons. The van der Waals surface area contributed by atoms with Gasteiger partial charge in [0.15, 0.2) is 0 Å². The van der Waals surface area contributed by atoms with Crippen LogP contribution in [0.1, 0.15) is 46.5 Å². The van der Waals surface area contributed by atoms with Crippen LogP contribution < -0.4 is 63.3 Å². The van der Waals surface area contributed by atoms with Gasteiger partial charge in [-0.25, -0.2) is 9.59 Å². The largest absolute Gasteiger partial charge is 1.00 e. The predicted octanol–water partition coefficient (Wildman–Crippen LogP) is -1.46. The molecule has 0 aliphatic carbocycles. The van der Waals surface area contributed by atoms with Crippen LogP contribution in [0.4, 0.5) is 0 Å². The van der Waals surface area contributed by atoms with E-state index in [1.165, 1.54) is 0 Å². The number of rotatable bonds is 11. The second-order valence-corrected chi connectivity index (χ2v) is 5.63. The number of aliphatic carboxylic acids is 1. The molecular weight excluding hydrogens is 386 g/mol. The first-order valence-corrected chi connectivity index (χ1v) is 7.58. The minimum Gasteiger partial charge on any atom is -0.550 e. The molecule has 0 rings (SSSR count). The molecule has 0 N–H and O–H groups in total. The first-order valence-electron chi connectivity index (χ1n) is 7.58. The van der Waals surface area contributed by atoms with Gasteiger partial charge in [0, 0.05) is 23.5 Å². The summed E-state index contributed by atoms with van der Waals surface area (Å²) in [6, 6.07) is 0. The SMILES string of the molecule is C=CC(=O)OC(C)CC(CCC)(CC(C)OC(=O)C=C)C(=O)[O-].[Rb+]. The van der Waals surface area contributed by atoms with E-state index in [1.54, 1.807) is 13.8 Å². The fourth-order valence-electron chi connectivity index (χ4n) is 2.71. The molecule has 0 aromatic heterocycles. The van der Waals surface area contributed by atoms with E-state index in [0.717, 1.165) is 12.2 Å². The van der Waals surface area contributed by atoms with E-state index in [1.807, 2.05) is 6.92 Å². The zero-order valence-electron chi connectivity index (χ0n) is 15.0. The van der Waals surface area contributed by atoms with Gasteiger partial charge >= 0.3 is 70.1 Å². The van der Waals surface area contributed by atoms with Crippen molar-refractivity contribution in [1.82, 2.24) is 0 Å². The molecule has 0 spiro atoms. The van der Waals surface area contributed by atoms with Crippen molar-refractivity contribution in [1.29, 1.82) is 0 Å². The van der Waals surface area contributed by atoms with Crippen molar-refractivity contribution in [2.24, 2.45) is 5.41 Å². The first kappa shape index (κ1) is 25.9. The quantitative estimate of drug-likeness (QED) is 0.305. The van der Waals surface area contributed by atoms with Crippen molar-refractivity contribution >= 4 is 17.9 Å². The Hall–Kier alpha value is -0.305. The van der Waals surface area contributed by atoms with Crippen LogP contribution in [0.5, 0.6) is 0 Å². The maximum Gasteiger partial charge on any atom is 1.00 e.